The smallest absolute Gasteiger partial charge is 0.313 e. The number of benzene rings is 1. The third-order valence-electron chi connectivity index (χ3n) is 3.73. The van der Waals surface area contributed by atoms with Gasteiger partial charge in [0.2, 0.25) is 0 Å². The second kappa shape index (κ2) is 7.75. The molecule has 0 amide bonds. The molecule has 25 heavy (non-hydrogen) atoms. The van der Waals surface area contributed by atoms with Gasteiger partial charge in [0.15, 0.2) is 0 Å². The van der Waals surface area contributed by atoms with Gasteiger partial charge in [-0.15, -0.1) is 0 Å². The Morgan fingerprint density at radius 1 is 0.760 bits per heavy atom. The second-order valence-corrected chi connectivity index (χ2v) is 8.24. The summed E-state index contributed by atoms with van der Waals surface area (Å²) < 4.78 is 90.9. The third-order valence-corrected chi connectivity index (χ3v) is 4.95. The molecule has 0 spiro atoms. The first-order chi connectivity index (χ1) is 11.4. The molecule has 1 aromatic rings. The second-order valence-electron chi connectivity index (χ2n) is 5.90. The maximum Gasteiger partial charge on any atom is 0.313 e. The topological polar surface area (TPSA) is 18.5 Å². The van der Waals surface area contributed by atoms with E-state index < -0.39 is 26.5 Å². The normalized spacial score (nSPS) is 15.0. The number of methoxy groups -OCH3 is 2. The average Bonchev–Trinajstić information content (AvgIpc) is 2.47. The highest BCUT2D eigenvalue weighted by molar-refractivity contribution is 8.45. The Morgan fingerprint density at radius 2 is 1.20 bits per heavy atom. The van der Waals surface area contributed by atoms with E-state index in [9.17, 15) is 23.8 Å². The minimum Gasteiger partial charge on any atom is -0.385 e. The molecule has 0 N–H and O–H groups in total. The van der Waals surface area contributed by atoms with Crippen molar-refractivity contribution in [3.05, 3.63) is 29.1 Å². The standard InChI is InChI=1S/C16H24F6O2S/c1-23-11-5-3-7-13-9-10-14(8-4-6-12-24-2)16(15(13)17)25(18,19,20,21)22/h9-10H,3-8,11-12H2,1-2H3. The van der Waals surface area contributed by atoms with Crippen molar-refractivity contribution in [2.24, 2.45) is 0 Å². The van der Waals surface area contributed by atoms with E-state index in [4.69, 9.17) is 9.47 Å². The van der Waals surface area contributed by atoms with E-state index >= 15 is 0 Å². The molecule has 1 rings (SSSR count). The van der Waals surface area contributed by atoms with Gasteiger partial charge in [0.25, 0.3) is 0 Å². The minimum atomic E-state index is -10.1. The number of aryl methyl sites for hydroxylation is 2. The van der Waals surface area contributed by atoms with E-state index in [0.29, 0.717) is 32.5 Å². The first-order valence-corrected chi connectivity index (χ1v) is 9.88. The van der Waals surface area contributed by atoms with Crippen LogP contribution in [0.4, 0.5) is 23.8 Å². The number of unbranched alkanes of at least 4 members (excludes halogenated alkanes) is 2. The number of halogens is 6. The fourth-order valence-electron chi connectivity index (χ4n) is 2.57. The third kappa shape index (κ3) is 7.07. The van der Waals surface area contributed by atoms with Crippen LogP contribution in [0.15, 0.2) is 17.0 Å². The van der Waals surface area contributed by atoms with Gasteiger partial charge >= 0.3 is 10.2 Å². The van der Waals surface area contributed by atoms with E-state index in [1.165, 1.54) is 20.3 Å². The van der Waals surface area contributed by atoms with Gasteiger partial charge in [0, 0.05) is 27.4 Å². The van der Waals surface area contributed by atoms with Crippen molar-refractivity contribution < 1.29 is 33.3 Å². The molecule has 148 valence electrons. The van der Waals surface area contributed by atoms with Gasteiger partial charge < -0.3 is 9.47 Å². The molecule has 0 aliphatic heterocycles. The molecule has 0 saturated carbocycles. The largest absolute Gasteiger partial charge is 0.385 e. The van der Waals surface area contributed by atoms with Gasteiger partial charge in [0.05, 0.1) is 0 Å². The molecular weight excluding hydrogens is 370 g/mol. The molecule has 0 unspecified atom stereocenters. The van der Waals surface area contributed by atoms with Crippen LogP contribution in [0, 0.1) is 5.82 Å². The molecule has 1 aromatic carbocycles. The summed E-state index contributed by atoms with van der Waals surface area (Å²) >= 11 is 0. The zero-order chi connectivity index (χ0) is 19.2. The van der Waals surface area contributed by atoms with E-state index in [0.717, 1.165) is 6.07 Å². The highest BCUT2D eigenvalue weighted by atomic mass is 32.5. The van der Waals surface area contributed by atoms with Crippen LogP contribution < -0.4 is 0 Å². The van der Waals surface area contributed by atoms with Crippen molar-refractivity contribution in [2.75, 3.05) is 27.4 Å². The molecule has 0 bridgehead atoms. The van der Waals surface area contributed by atoms with Gasteiger partial charge in [-0.2, -0.15) is 0 Å². The first-order valence-electron chi connectivity index (χ1n) is 7.93. The molecule has 0 saturated heterocycles. The van der Waals surface area contributed by atoms with E-state index in [1.807, 2.05) is 0 Å². The molecule has 0 radical (unpaired) electrons. The summed E-state index contributed by atoms with van der Waals surface area (Å²) in [5.74, 6) is -1.85. The van der Waals surface area contributed by atoms with Crippen molar-refractivity contribution in [2.45, 2.75) is 43.4 Å². The van der Waals surface area contributed by atoms with Gasteiger partial charge in [0.1, 0.15) is 10.7 Å². The fraction of sp³-hybridized carbons (Fsp3) is 0.625. The quantitative estimate of drug-likeness (QED) is 0.318. The zero-order valence-electron chi connectivity index (χ0n) is 14.3. The summed E-state index contributed by atoms with van der Waals surface area (Å²) in [6, 6.07) is 2.13. The Hall–Kier alpha value is -0.930. The van der Waals surface area contributed by atoms with E-state index in [2.05, 4.69) is 0 Å². The maximum absolute atomic E-state index is 14.4. The van der Waals surface area contributed by atoms with Crippen LogP contribution in [0.2, 0.25) is 0 Å². The van der Waals surface area contributed by atoms with Crippen LogP contribution in [-0.2, 0) is 22.3 Å². The van der Waals surface area contributed by atoms with Gasteiger partial charge in [-0.1, -0.05) is 31.6 Å². The van der Waals surface area contributed by atoms with Crippen LogP contribution >= 0.6 is 10.2 Å². The lowest BCUT2D eigenvalue weighted by molar-refractivity contribution is 0.192. The van der Waals surface area contributed by atoms with Crippen molar-refractivity contribution in [1.82, 2.24) is 0 Å². The summed E-state index contributed by atoms with van der Waals surface area (Å²) in [6.45, 7) is 0.666. The summed E-state index contributed by atoms with van der Waals surface area (Å²) in [4.78, 5) is -2.36. The van der Waals surface area contributed by atoms with E-state index in [1.54, 1.807) is 0 Å². The summed E-state index contributed by atoms with van der Waals surface area (Å²) in [7, 11) is -7.24. The molecule has 0 atom stereocenters. The van der Waals surface area contributed by atoms with Crippen LogP contribution in [0.3, 0.4) is 0 Å². The summed E-state index contributed by atoms with van der Waals surface area (Å²) in [5.41, 5.74) is -1.05. The fourth-order valence-corrected chi connectivity index (χ4v) is 3.70. The van der Waals surface area contributed by atoms with Crippen molar-refractivity contribution >= 4 is 10.2 Å². The highest BCUT2D eigenvalue weighted by Crippen LogP contribution is 3.02. The number of rotatable bonds is 11. The lowest BCUT2D eigenvalue weighted by atomic mass is 10.0. The van der Waals surface area contributed by atoms with Crippen molar-refractivity contribution in [3.63, 3.8) is 0 Å². The lowest BCUT2D eigenvalue weighted by Gasteiger charge is -2.42. The minimum absolute atomic E-state index is 0.0556. The molecular formula is C16H24F6O2S. The first kappa shape index (κ1) is 22.1. The monoisotopic (exact) mass is 394 g/mol. The Balaban J connectivity index is 3.16. The summed E-state index contributed by atoms with van der Waals surface area (Å²) in [6.07, 6.45) is 1.10. The van der Waals surface area contributed by atoms with Crippen LogP contribution in [0.1, 0.15) is 36.8 Å². The van der Waals surface area contributed by atoms with Gasteiger partial charge in [-0.3, -0.25) is 0 Å². The predicted molar refractivity (Wildman–Crippen MR) is 87.4 cm³/mol. The molecule has 0 aliphatic carbocycles. The maximum atomic E-state index is 14.4. The molecule has 0 aliphatic rings. The van der Waals surface area contributed by atoms with Crippen LogP contribution in [0.25, 0.3) is 0 Å². The number of hydrogen-bond donors (Lipinski definition) is 0. The van der Waals surface area contributed by atoms with Crippen molar-refractivity contribution in [1.29, 1.82) is 0 Å². The SMILES string of the molecule is COCCCCc1ccc(CCCCOC)c(S(F)(F)(F)(F)F)c1F. The molecule has 0 aromatic heterocycles. The Labute approximate surface area is 144 Å². The number of hydrogen-bond acceptors (Lipinski definition) is 2. The van der Waals surface area contributed by atoms with Crippen LogP contribution in [0.5, 0.6) is 0 Å². The molecule has 2 nitrogen and oxygen atoms in total. The molecule has 0 heterocycles. The van der Waals surface area contributed by atoms with E-state index in [-0.39, 0.29) is 24.8 Å². The average molecular weight is 394 g/mol. The van der Waals surface area contributed by atoms with Gasteiger partial charge in [-0.05, 0) is 49.7 Å². The van der Waals surface area contributed by atoms with Crippen molar-refractivity contribution in [3.8, 4) is 0 Å². The van der Waals surface area contributed by atoms with Gasteiger partial charge in [-0.25, -0.2) is 4.39 Å². The zero-order valence-corrected chi connectivity index (χ0v) is 15.1. The molecule has 0 fully saturated rings. The highest BCUT2D eigenvalue weighted by Gasteiger charge is 2.68. The Kier molecular flexibility index (Phi) is 6.86. The number of ether oxygens (including phenoxy) is 2. The summed E-state index contributed by atoms with van der Waals surface area (Å²) in [5, 5.41) is 0. The molecule has 9 heteroatoms. The Bertz CT molecular complexity index is 574. The van der Waals surface area contributed by atoms with Crippen LogP contribution in [-0.4, -0.2) is 27.4 Å². The predicted octanol–water partition coefficient (Wildman–Crippen LogP) is 6.42. The Morgan fingerprint density at radius 3 is 1.64 bits per heavy atom. The lowest BCUT2D eigenvalue weighted by Crippen LogP contribution is -2.14.